The first-order valence-electron chi connectivity index (χ1n) is 7.49. The summed E-state index contributed by atoms with van der Waals surface area (Å²) in [6, 6.07) is 8.66. The van der Waals surface area contributed by atoms with Crippen LogP contribution in [0.3, 0.4) is 0 Å². The number of rotatable bonds is 4. The molecule has 1 fully saturated rings. The molecule has 24 heavy (non-hydrogen) atoms. The van der Waals surface area contributed by atoms with Gasteiger partial charge in [-0.15, -0.1) is 0 Å². The quantitative estimate of drug-likeness (QED) is 0.924. The standard InChI is InChI=1S/C17H17FN2O4/c1-20-14(21)10-24-16(15(20)12-6-2-3-7-13(12)18)17(22)19-9-11-5-4-8-23-11/h2-8,15-16H,9-10H2,1H3,(H,19,22)/t15-,16-/m0/s1. The average Bonchev–Trinajstić information content (AvgIpc) is 3.09. The van der Waals surface area contributed by atoms with Crippen molar-refractivity contribution in [1.29, 1.82) is 0 Å². The molecule has 2 aromatic rings. The van der Waals surface area contributed by atoms with Gasteiger partial charge in [0.05, 0.1) is 18.8 Å². The second-order valence-corrected chi connectivity index (χ2v) is 5.50. The number of carbonyl (C=O) groups is 2. The lowest BCUT2D eigenvalue weighted by Gasteiger charge is -2.38. The van der Waals surface area contributed by atoms with E-state index in [1.165, 1.54) is 24.3 Å². The number of likely N-dealkylation sites (N-methyl/N-ethyl adjacent to an activating group) is 1. The number of nitrogens with zero attached hydrogens (tertiary/aromatic N) is 1. The molecule has 2 heterocycles. The summed E-state index contributed by atoms with van der Waals surface area (Å²) >= 11 is 0. The summed E-state index contributed by atoms with van der Waals surface area (Å²) in [7, 11) is 1.54. The van der Waals surface area contributed by atoms with Crippen molar-refractivity contribution in [2.45, 2.75) is 18.7 Å². The van der Waals surface area contributed by atoms with Crippen molar-refractivity contribution < 1.29 is 23.1 Å². The molecule has 126 valence electrons. The SMILES string of the molecule is CN1C(=O)CO[C@H](C(=O)NCc2ccco2)[C@@H]1c1ccccc1F. The summed E-state index contributed by atoms with van der Waals surface area (Å²) < 4.78 is 24.8. The number of halogens is 1. The second kappa shape index (κ2) is 6.84. The molecule has 2 atom stereocenters. The third kappa shape index (κ3) is 3.16. The highest BCUT2D eigenvalue weighted by atomic mass is 19.1. The third-order valence-electron chi connectivity index (χ3n) is 3.98. The van der Waals surface area contributed by atoms with Gasteiger partial charge >= 0.3 is 0 Å². The van der Waals surface area contributed by atoms with Crippen molar-refractivity contribution in [3.05, 3.63) is 59.8 Å². The molecule has 7 heteroatoms. The summed E-state index contributed by atoms with van der Waals surface area (Å²) in [5.74, 6) is -0.639. The van der Waals surface area contributed by atoms with E-state index < -0.39 is 23.9 Å². The van der Waals surface area contributed by atoms with Crippen LogP contribution < -0.4 is 5.32 Å². The van der Waals surface area contributed by atoms with Crippen LogP contribution in [0.25, 0.3) is 0 Å². The molecule has 0 spiro atoms. The number of amides is 2. The molecular formula is C17H17FN2O4. The van der Waals surface area contributed by atoms with Gasteiger partial charge in [-0.3, -0.25) is 9.59 Å². The molecule has 6 nitrogen and oxygen atoms in total. The molecule has 2 amide bonds. The fourth-order valence-electron chi connectivity index (χ4n) is 2.71. The maximum Gasteiger partial charge on any atom is 0.252 e. The molecule has 3 rings (SSSR count). The van der Waals surface area contributed by atoms with Gasteiger partial charge in [-0.25, -0.2) is 4.39 Å². The van der Waals surface area contributed by atoms with E-state index in [9.17, 15) is 14.0 Å². The molecule has 1 saturated heterocycles. The Balaban J connectivity index is 1.82. The van der Waals surface area contributed by atoms with Crippen molar-refractivity contribution >= 4 is 11.8 Å². The van der Waals surface area contributed by atoms with Gasteiger partial charge in [0.2, 0.25) is 5.91 Å². The van der Waals surface area contributed by atoms with Crippen molar-refractivity contribution in [2.75, 3.05) is 13.7 Å². The van der Waals surface area contributed by atoms with Gasteiger partial charge in [-0.1, -0.05) is 18.2 Å². The minimum atomic E-state index is -1.00. The van der Waals surface area contributed by atoms with Crippen molar-refractivity contribution in [1.82, 2.24) is 10.2 Å². The van der Waals surface area contributed by atoms with Crippen LogP contribution in [0, 0.1) is 5.82 Å². The number of carbonyl (C=O) groups excluding carboxylic acids is 2. The predicted molar refractivity (Wildman–Crippen MR) is 82.2 cm³/mol. The van der Waals surface area contributed by atoms with Crippen LogP contribution >= 0.6 is 0 Å². The van der Waals surface area contributed by atoms with E-state index >= 15 is 0 Å². The summed E-state index contributed by atoms with van der Waals surface area (Å²) in [5.41, 5.74) is 0.242. The van der Waals surface area contributed by atoms with Gasteiger partial charge in [0.25, 0.3) is 5.91 Å². The smallest absolute Gasteiger partial charge is 0.252 e. The molecule has 0 bridgehead atoms. The van der Waals surface area contributed by atoms with E-state index in [0.717, 1.165) is 0 Å². The Labute approximate surface area is 138 Å². The molecule has 1 aromatic heterocycles. The highest BCUT2D eigenvalue weighted by molar-refractivity contribution is 5.86. The number of nitrogens with one attached hydrogen (secondary N) is 1. The summed E-state index contributed by atoms with van der Waals surface area (Å²) in [5, 5.41) is 2.69. The Morgan fingerprint density at radius 3 is 2.83 bits per heavy atom. The highest BCUT2D eigenvalue weighted by Gasteiger charge is 2.41. The number of hydrogen-bond donors (Lipinski definition) is 1. The predicted octanol–water partition coefficient (Wildman–Crippen LogP) is 1.63. The maximum atomic E-state index is 14.2. The zero-order valence-electron chi connectivity index (χ0n) is 13.1. The van der Waals surface area contributed by atoms with Crippen LogP contribution in [-0.2, 0) is 20.9 Å². The van der Waals surface area contributed by atoms with Crippen molar-refractivity contribution in [2.24, 2.45) is 0 Å². The minimum absolute atomic E-state index is 0.188. The van der Waals surface area contributed by atoms with Crippen molar-refractivity contribution in [3.8, 4) is 0 Å². The van der Waals surface area contributed by atoms with Crippen LogP contribution in [0.5, 0.6) is 0 Å². The number of benzene rings is 1. The Bertz CT molecular complexity index is 732. The number of ether oxygens (including phenoxy) is 1. The molecule has 0 saturated carbocycles. The van der Waals surface area contributed by atoms with Gasteiger partial charge in [-0.05, 0) is 18.2 Å². The Hall–Kier alpha value is -2.67. The fourth-order valence-corrected chi connectivity index (χ4v) is 2.71. The summed E-state index contributed by atoms with van der Waals surface area (Å²) in [6.07, 6.45) is 0.507. The molecule has 0 radical (unpaired) electrons. The van der Waals surface area contributed by atoms with E-state index in [1.54, 1.807) is 30.3 Å². The lowest BCUT2D eigenvalue weighted by atomic mass is 9.97. The van der Waals surface area contributed by atoms with Crippen LogP contribution in [-0.4, -0.2) is 36.5 Å². The number of furan rings is 1. The first-order chi connectivity index (χ1) is 11.6. The molecule has 0 aliphatic carbocycles. The van der Waals surface area contributed by atoms with Gasteiger partial charge < -0.3 is 19.4 Å². The average molecular weight is 332 g/mol. The van der Waals surface area contributed by atoms with E-state index in [4.69, 9.17) is 9.15 Å². The molecule has 1 N–H and O–H groups in total. The Morgan fingerprint density at radius 2 is 2.12 bits per heavy atom. The molecule has 1 aromatic carbocycles. The number of hydrogen-bond acceptors (Lipinski definition) is 4. The molecule has 1 aliphatic rings. The third-order valence-corrected chi connectivity index (χ3v) is 3.98. The minimum Gasteiger partial charge on any atom is -0.467 e. The molecule has 0 unspecified atom stereocenters. The van der Waals surface area contributed by atoms with E-state index in [2.05, 4.69) is 5.32 Å². The molecule has 1 aliphatic heterocycles. The van der Waals surface area contributed by atoms with Gasteiger partial charge in [0.1, 0.15) is 18.2 Å². The van der Waals surface area contributed by atoms with E-state index in [-0.39, 0.29) is 24.6 Å². The fraction of sp³-hybridized carbons (Fsp3) is 0.294. The van der Waals surface area contributed by atoms with Crippen LogP contribution in [0.15, 0.2) is 47.1 Å². The zero-order valence-corrected chi connectivity index (χ0v) is 13.1. The topological polar surface area (TPSA) is 71.8 Å². The van der Waals surface area contributed by atoms with Gasteiger partial charge in [0, 0.05) is 12.6 Å². The summed E-state index contributed by atoms with van der Waals surface area (Å²) in [4.78, 5) is 25.8. The molecular weight excluding hydrogens is 315 g/mol. The normalized spacial score (nSPS) is 20.9. The largest absolute Gasteiger partial charge is 0.467 e. The second-order valence-electron chi connectivity index (χ2n) is 5.50. The highest BCUT2D eigenvalue weighted by Crippen LogP contribution is 2.30. The maximum absolute atomic E-state index is 14.2. The van der Waals surface area contributed by atoms with Gasteiger partial charge in [-0.2, -0.15) is 0 Å². The monoisotopic (exact) mass is 332 g/mol. The van der Waals surface area contributed by atoms with Crippen LogP contribution in [0.1, 0.15) is 17.4 Å². The van der Waals surface area contributed by atoms with Crippen LogP contribution in [0.4, 0.5) is 4.39 Å². The van der Waals surface area contributed by atoms with Crippen molar-refractivity contribution in [3.63, 3.8) is 0 Å². The summed E-state index contributed by atoms with van der Waals surface area (Å²) in [6.45, 7) is -0.0341. The van der Waals surface area contributed by atoms with Crippen LogP contribution in [0.2, 0.25) is 0 Å². The lowest BCUT2D eigenvalue weighted by Crippen LogP contribution is -2.53. The first kappa shape index (κ1) is 16.2. The lowest BCUT2D eigenvalue weighted by molar-refractivity contribution is -0.162. The Morgan fingerprint density at radius 1 is 1.33 bits per heavy atom. The first-order valence-corrected chi connectivity index (χ1v) is 7.49. The van der Waals surface area contributed by atoms with E-state index in [1.807, 2.05) is 0 Å². The van der Waals surface area contributed by atoms with E-state index in [0.29, 0.717) is 5.76 Å². The Kier molecular flexibility index (Phi) is 4.61. The number of morpholine rings is 1. The van der Waals surface area contributed by atoms with Gasteiger partial charge in [0.15, 0.2) is 6.10 Å². The zero-order chi connectivity index (χ0) is 17.1.